The van der Waals surface area contributed by atoms with Gasteiger partial charge >= 0.3 is 5.69 Å². The number of amides is 1. The van der Waals surface area contributed by atoms with E-state index in [1.54, 1.807) is 0 Å². The highest BCUT2D eigenvalue weighted by Gasteiger charge is 2.15. The third kappa shape index (κ3) is 2.86. The molecule has 0 spiro atoms. The number of hydrogen-bond donors (Lipinski definition) is 2. The van der Waals surface area contributed by atoms with E-state index in [9.17, 15) is 24.1 Å². The van der Waals surface area contributed by atoms with Gasteiger partial charge in [-0.05, 0) is 12.1 Å². The summed E-state index contributed by atoms with van der Waals surface area (Å²) in [7, 11) is 0. The Hall–Kier alpha value is -3.03. The second-order valence-corrected chi connectivity index (χ2v) is 3.82. The van der Waals surface area contributed by atoms with Crippen molar-refractivity contribution in [1.29, 1.82) is 0 Å². The number of nitrogens with zero attached hydrogens (tertiary/aromatic N) is 1. The minimum Gasteiger partial charge on any atom is -0.328 e. The van der Waals surface area contributed by atoms with Crippen molar-refractivity contribution in [2.75, 3.05) is 5.32 Å². The fraction of sp³-hybridized carbons (Fsp3) is 0. The molecule has 2 aromatic rings. The summed E-state index contributed by atoms with van der Waals surface area (Å²) >= 11 is 0. The summed E-state index contributed by atoms with van der Waals surface area (Å²) < 4.78 is 13.4. The fourth-order valence-corrected chi connectivity index (χ4v) is 1.49. The highest BCUT2D eigenvalue weighted by molar-refractivity contribution is 6.04. The molecule has 8 heteroatoms. The Balaban J connectivity index is 2.20. The van der Waals surface area contributed by atoms with Gasteiger partial charge in [-0.3, -0.25) is 19.7 Å². The van der Waals surface area contributed by atoms with Crippen LogP contribution in [0.4, 0.5) is 15.8 Å². The van der Waals surface area contributed by atoms with Crippen LogP contribution in [-0.2, 0) is 0 Å². The minimum absolute atomic E-state index is 0.0734. The number of carbonyl (C=O) groups excluding carboxylic acids is 1. The van der Waals surface area contributed by atoms with Gasteiger partial charge in [0.2, 0.25) is 11.4 Å². The first-order valence-corrected chi connectivity index (χ1v) is 5.41. The van der Waals surface area contributed by atoms with Crippen LogP contribution in [-0.4, -0.2) is 15.8 Å². The van der Waals surface area contributed by atoms with E-state index in [2.05, 4.69) is 10.3 Å². The average molecular weight is 277 g/mol. The number of nitro benzene ring substituents is 1. The van der Waals surface area contributed by atoms with E-state index in [0.29, 0.717) is 0 Å². The van der Waals surface area contributed by atoms with Crippen LogP contribution < -0.4 is 10.9 Å². The minimum atomic E-state index is -1.05. The molecule has 2 N–H and O–H groups in total. The smallest absolute Gasteiger partial charge is 0.304 e. The summed E-state index contributed by atoms with van der Waals surface area (Å²) in [6.07, 6.45) is 1.21. The lowest BCUT2D eigenvalue weighted by molar-refractivity contribution is -0.387. The van der Waals surface area contributed by atoms with E-state index in [1.165, 1.54) is 24.4 Å². The highest BCUT2D eigenvalue weighted by Crippen LogP contribution is 2.21. The first-order valence-electron chi connectivity index (χ1n) is 5.41. The molecule has 0 aliphatic rings. The molecule has 0 bridgehead atoms. The first kappa shape index (κ1) is 13.4. The maximum atomic E-state index is 13.4. The van der Waals surface area contributed by atoms with Crippen LogP contribution in [0.3, 0.4) is 0 Å². The number of aromatic nitrogens is 1. The maximum Gasteiger partial charge on any atom is 0.304 e. The van der Waals surface area contributed by atoms with Gasteiger partial charge in [-0.15, -0.1) is 0 Å². The molecule has 1 heterocycles. The van der Waals surface area contributed by atoms with Crippen molar-refractivity contribution in [3.63, 3.8) is 0 Å². The van der Waals surface area contributed by atoms with Crippen LogP contribution in [0.25, 0.3) is 0 Å². The summed E-state index contributed by atoms with van der Waals surface area (Å²) in [4.78, 5) is 34.5. The topological polar surface area (TPSA) is 105 Å². The van der Waals surface area contributed by atoms with Crippen LogP contribution in [0.2, 0.25) is 0 Å². The highest BCUT2D eigenvalue weighted by atomic mass is 19.1. The molecule has 7 nitrogen and oxygen atoms in total. The molecule has 0 atom stereocenters. The number of pyridine rings is 1. The number of halogens is 1. The zero-order valence-electron chi connectivity index (χ0n) is 9.92. The molecule has 0 unspecified atom stereocenters. The third-order valence-electron chi connectivity index (χ3n) is 2.45. The lowest BCUT2D eigenvalue weighted by Crippen LogP contribution is -2.14. The lowest BCUT2D eigenvalue weighted by atomic mass is 10.2. The van der Waals surface area contributed by atoms with Gasteiger partial charge in [-0.25, -0.2) is 0 Å². The number of nitro groups is 1. The van der Waals surface area contributed by atoms with Crippen molar-refractivity contribution in [3.8, 4) is 0 Å². The predicted molar refractivity (Wildman–Crippen MR) is 68.1 cm³/mol. The maximum absolute atomic E-state index is 13.4. The summed E-state index contributed by atoms with van der Waals surface area (Å²) in [5.41, 5.74) is -0.789. The molecule has 0 saturated heterocycles. The molecule has 2 rings (SSSR count). The summed E-state index contributed by atoms with van der Waals surface area (Å²) in [6, 6.07) is 5.49. The molecule has 0 aliphatic carbocycles. The number of aromatic amines is 1. The monoisotopic (exact) mass is 277 g/mol. The number of nitrogens with one attached hydrogen (secondary N) is 2. The zero-order chi connectivity index (χ0) is 14.7. The Morgan fingerprint density at radius 2 is 2.05 bits per heavy atom. The zero-order valence-corrected chi connectivity index (χ0v) is 9.92. The van der Waals surface area contributed by atoms with Crippen molar-refractivity contribution in [3.05, 3.63) is 68.4 Å². The summed E-state index contributed by atoms with van der Waals surface area (Å²) in [5.74, 6) is -1.62. The van der Waals surface area contributed by atoms with Gasteiger partial charge in [0.1, 0.15) is 0 Å². The van der Waals surface area contributed by atoms with E-state index >= 15 is 0 Å². The molecule has 0 saturated carbocycles. The van der Waals surface area contributed by atoms with E-state index < -0.39 is 22.3 Å². The molecule has 20 heavy (non-hydrogen) atoms. The Kier molecular flexibility index (Phi) is 3.56. The molecular formula is C12H8FN3O4. The summed E-state index contributed by atoms with van der Waals surface area (Å²) in [5, 5.41) is 12.8. The fourth-order valence-electron chi connectivity index (χ4n) is 1.49. The summed E-state index contributed by atoms with van der Waals surface area (Å²) in [6.45, 7) is 0. The number of benzene rings is 1. The lowest BCUT2D eigenvalue weighted by Gasteiger charge is -2.05. The Morgan fingerprint density at radius 3 is 2.60 bits per heavy atom. The molecule has 102 valence electrons. The van der Waals surface area contributed by atoms with Crippen molar-refractivity contribution in [1.82, 2.24) is 4.98 Å². The number of carbonyl (C=O) groups is 1. The molecule has 1 amide bonds. The standard InChI is InChI=1S/C12H8FN3O4/c13-9-5-8(2-3-10(9)16(19)20)15-12(18)7-1-4-11(17)14-6-7/h1-6H,(H,14,17)(H,15,18). The van der Waals surface area contributed by atoms with Gasteiger partial charge in [0, 0.05) is 30.1 Å². The molecule has 0 fully saturated rings. The van der Waals surface area contributed by atoms with Gasteiger partial charge in [0.25, 0.3) is 5.91 Å². The van der Waals surface area contributed by atoms with Crippen molar-refractivity contribution >= 4 is 17.3 Å². The number of anilines is 1. The van der Waals surface area contributed by atoms with Crippen molar-refractivity contribution in [2.45, 2.75) is 0 Å². The molecule has 0 aliphatic heterocycles. The normalized spacial score (nSPS) is 10.1. The van der Waals surface area contributed by atoms with Crippen LogP contribution >= 0.6 is 0 Å². The Bertz CT molecular complexity index is 721. The largest absolute Gasteiger partial charge is 0.328 e. The SMILES string of the molecule is O=C(Nc1ccc([N+](=O)[O-])c(F)c1)c1ccc(=O)[nH]c1. The second kappa shape index (κ2) is 5.31. The van der Waals surface area contributed by atoms with Crippen LogP contribution in [0, 0.1) is 15.9 Å². The van der Waals surface area contributed by atoms with Crippen molar-refractivity contribution in [2.24, 2.45) is 0 Å². The van der Waals surface area contributed by atoms with Crippen LogP contribution in [0.1, 0.15) is 10.4 Å². The molecular weight excluding hydrogens is 269 g/mol. The number of H-pyrrole nitrogens is 1. The van der Waals surface area contributed by atoms with Gasteiger partial charge < -0.3 is 10.3 Å². The number of rotatable bonds is 3. The van der Waals surface area contributed by atoms with Crippen LogP contribution in [0.15, 0.2) is 41.3 Å². The van der Waals surface area contributed by atoms with E-state index in [1.807, 2.05) is 0 Å². The number of hydrogen-bond acceptors (Lipinski definition) is 4. The van der Waals surface area contributed by atoms with Gasteiger partial charge in [0.05, 0.1) is 10.5 Å². The van der Waals surface area contributed by atoms with E-state index in [-0.39, 0.29) is 16.8 Å². The molecule has 0 radical (unpaired) electrons. The molecule has 1 aromatic heterocycles. The quantitative estimate of drug-likeness (QED) is 0.657. The predicted octanol–water partition coefficient (Wildman–Crippen LogP) is 1.67. The third-order valence-corrected chi connectivity index (χ3v) is 2.45. The van der Waals surface area contributed by atoms with Crippen LogP contribution in [0.5, 0.6) is 0 Å². The van der Waals surface area contributed by atoms with Gasteiger partial charge in [0.15, 0.2) is 0 Å². The van der Waals surface area contributed by atoms with Gasteiger partial charge in [-0.2, -0.15) is 4.39 Å². The average Bonchev–Trinajstić information content (AvgIpc) is 2.39. The van der Waals surface area contributed by atoms with Crippen molar-refractivity contribution < 1.29 is 14.1 Å². The first-order chi connectivity index (χ1) is 9.47. The van der Waals surface area contributed by atoms with E-state index in [4.69, 9.17) is 0 Å². The molecule has 1 aromatic carbocycles. The van der Waals surface area contributed by atoms with Gasteiger partial charge in [-0.1, -0.05) is 0 Å². The second-order valence-electron chi connectivity index (χ2n) is 3.82. The van der Waals surface area contributed by atoms with E-state index in [0.717, 1.165) is 12.1 Å². The Morgan fingerprint density at radius 1 is 1.30 bits per heavy atom. The Labute approximate surface area is 111 Å².